The second kappa shape index (κ2) is 10.00. The van der Waals surface area contributed by atoms with Gasteiger partial charge in [0.2, 0.25) is 5.95 Å². The molecule has 3 aromatic heterocycles. The van der Waals surface area contributed by atoms with Crippen molar-refractivity contribution in [1.82, 2.24) is 24.1 Å². The molecule has 0 atom stereocenters. The Morgan fingerprint density at radius 2 is 1.00 bits per heavy atom. The van der Waals surface area contributed by atoms with Crippen LogP contribution < -0.4 is 0 Å². The summed E-state index contributed by atoms with van der Waals surface area (Å²) in [5.74, 6) is -2.46. The van der Waals surface area contributed by atoms with E-state index in [1.165, 1.54) is 6.92 Å². The van der Waals surface area contributed by atoms with Crippen LogP contribution in [0.2, 0.25) is 0 Å². The molecule has 6 aromatic carbocycles. The molecule has 45 heavy (non-hydrogen) atoms. The lowest BCUT2D eigenvalue weighted by atomic mass is 10.1. The Balaban J connectivity index is 1.68. The number of para-hydroxylation sites is 2. The Bertz CT molecular complexity index is 3740. The molecule has 0 unspecified atom stereocenters. The summed E-state index contributed by atoms with van der Waals surface area (Å²) in [6.07, 6.45) is 0. The predicted molar refractivity (Wildman–Crippen MR) is 184 cm³/mol. The van der Waals surface area contributed by atoms with E-state index in [2.05, 4.69) is 15.0 Å². The quantitative estimate of drug-likeness (QED) is 0.202. The van der Waals surface area contributed by atoms with Gasteiger partial charge in [0.1, 0.15) is 0 Å². The van der Waals surface area contributed by atoms with Crippen molar-refractivity contribution in [2.45, 2.75) is 6.92 Å². The molecule has 0 saturated heterocycles. The number of hydrogen-bond donors (Lipinski definition) is 0. The van der Waals surface area contributed by atoms with Gasteiger partial charge in [-0.25, -0.2) is 4.98 Å². The number of rotatable bonds is 4. The summed E-state index contributed by atoms with van der Waals surface area (Å²) in [5, 5.41) is -1.75. The van der Waals surface area contributed by atoms with Crippen LogP contribution in [-0.2, 0) is 0 Å². The second-order valence-electron chi connectivity index (χ2n) is 9.57. The highest BCUT2D eigenvalue weighted by Crippen LogP contribution is 2.41. The summed E-state index contributed by atoms with van der Waals surface area (Å²) in [6.45, 7) is 1.33. The number of hydrogen-bond acceptors (Lipinski definition) is 3. The first kappa shape index (κ1) is 11.1. The van der Waals surface area contributed by atoms with Gasteiger partial charge in [0.05, 0.1) is 55.0 Å². The Morgan fingerprint density at radius 1 is 0.467 bits per heavy atom. The predicted octanol–water partition coefficient (Wildman–Crippen LogP) is 9.71. The zero-order valence-electron chi connectivity index (χ0n) is 46.7. The Hall–Kier alpha value is -6.07. The molecular weight excluding hydrogens is 550 g/mol. The molecule has 9 rings (SSSR count). The smallest absolute Gasteiger partial charge is 0.238 e. The van der Waals surface area contributed by atoms with Gasteiger partial charge in [-0.05, 0) is 37.1 Å². The average Bonchev–Trinajstić information content (AvgIpc) is 3.86. The van der Waals surface area contributed by atoms with Gasteiger partial charge in [-0.1, -0.05) is 120 Å². The lowest BCUT2D eigenvalue weighted by Crippen LogP contribution is -2.07. The van der Waals surface area contributed by atoms with Gasteiger partial charge in [0.15, 0.2) is 11.6 Å². The van der Waals surface area contributed by atoms with Gasteiger partial charge >= 0.3 is 0 Å². The minimum absolute atomic E-state index is 0.109. The van der Waals surface area contributed by atoms with E-state index in [0.29, 0.717) is 0 Å². The van der Waals surface area contributed by atoms with Gasteiger partial charge in [-0.3, -0.25) is 4.57 Å². The van der Waals surface area contributed by atoms with Crippen molar-refractivity contribution in [3.05, 3.63) is 151 Å². The fourth-order valence-electron chi connectivity index (χ4n) is 5.19. The first-order chi connectivity index (χ1) is 32.2. The molecule has 0 N–H and O–H groups in total. The summed E-state index contributed by atoms with van der Waals surface area (Å²) in [7, 11) is 0. The summed E-state index contributed by atoms with van der Waals surface area (Å²) >= 11 is 0. The molecule has 0 aliphatic heterocycles. The lowest BCUT2D eigenvalue weighted by molar-refractivity contribution is 0.953. The summed E-state index contributed by atoms with van der Waals surface area (Å²) in [6, 6.07) is -19.8. The maximum atomic E-state index is 9.57. The van der Waals surface area contributed by atoms with Crippen LogP contribution >= 0.6 is 0 Å². The van der Waals surface area contributed by atoms with Crippen molar-refractivity contribution < 1.29 is 32.9 Å². The number of nitrogens with zero attached hydrogens (tertiary/aromatic N) is 5. The molecule has 0 radical (unpaired) electrons. The molecule has 5 heteroatoms. The third-order valence-corrected chi connectivity index (χ3v) is 6.97. The van der Waals surface area contributed by atoms with Crippen LogP contribution in [0.3, 0.4) is 0 Å². The van der Waals surface area contributed by atoms with E-state index in [-0.39, 0.29) is 10.9 Å². The van der Waals surface area contributed by atoms with Crippen molar-refractivity contribution in [3.63, 3.8) is 0 Å². The molecule has 3 heterocycles. The van der Waals surface area contributed by atoms with Crippen molar-refractivity contribution >= 4 is 43.6 Å². The normalized spacial score (nSPS) is 19.1. The Morgan fingerprint density at radius 3 is 1.67 bits per heavy atom. The zero-order valence-corrected chi connectivity index (χ0v) is 22.7. The molecular formula is C40H27N5. The molecule has 0 spiro atoms. The van der Waals surface area contributed by atoms with E-state index in [0.717, 1.165) is 9.13 Å². The Labute approximate surface area is 293 Å². The zero-order chi connectivity index (χ0) is 50.8. The standard InChI is InChI=1S/C40H27N5/c1-26-21-24-35-33(25-26)32-23-22-31-30-19-11-12-20-34(30)45(37(31)36(32)44(35)29-17-9-4-10-18-29)40-42-38(27-13-5-2-6-14-27)41-39(43-40)28-15-7-3-8-16-28/h2-25H,1H3/i2D,3D,4D,5D,6D,7D,8D,9D,10D,11D,12D,13D,14D,15D,16D,17D,18D,19D,20D,21D,22D,23D,24D,25D. The van der Waals surface area contributed by atoms with Gasteiger partial charge < -0.3 is 4.57 Å². The van der Waals surface area contributed by atoms with E-state index in [4.69, 9.17) is 24.7 Å². The number of fused-ring (bicyclic) bond motifs is 7. The highest BCUT2D eigenvalue weighted by molar-refractivity contribution is 6.23. The minimum Gasteiger partial charge on any atom is -0.307 e. The largest absolute Gasteiger partial charge is 0.307 e. The summed E-state index contributed by atoms with van der Waals surface area (Å²) in [4.78, 5) is 13.3. The van der Waals surface area contributed by atoms with Crippen molar-refractivity contribution in [3.8, 4) is 34.4 Å². The van der Waals surface area contributed by atoms with E-state index >= 15 is 0 Å². The fourth-order valence-corrected chi connectivity index (χ4v) is 5.19. The molecule has 0 aliphatic rings. The van der Waals surface area contributed by atoms with E-state index < -0.39 is 218 Å². The van der Waals surface area contributed by atoms with Crippen LogP contribution in [0.5, 0.6) is 0 Å². The third-order valence-electron chi connectivity index (χ3n) is 6.97. The van der Waals surface area contributed by atoms with Crippen molar-refractivity contribution in [1.29, 1.82) is 0 Å². The fraction of sp³-hybridized carbons (Fsp3) is 0.0250. The highest BCUT2D eigenvalue weighted by atomic mass is 15.2. The molecule has 5 nitrogen and oxygen atoms in total. The molecule has 0 aliphatic carbocycles. The molecule has 0 bridgehead atoms. The minimum atomic E-state index is -0.897. The average molecular weight is 602 g/mol. The van der Waals surface area contributed by atoms with Gasteiger partial charge in [0.25, 0.3) is 0 Å². The Kier molecular flexibility index (Phi) is 2.47. The molecule has 0 amide bonds. The van der Waals surface area contributed by atoms with Gasteiger partial charge in [0, 0.05) is 38.4 Å². The van der Waals surface area contributed by atoms with Gasteiger partial charge in [-0.2, -0.15) is 9.97 Å². The topological polar surface area (TPSA) is 48.5 Å². The van der Waals surface area contributed by atoms with Crippen LogP contribution in [0.4, 0.5) is 0 Å². The molecule has 212 valence electrons. The maximum absolute atomic E-state index is 9.57. The highest BCUT2D eigenvalue weighted by Gasteiger charge is 2.23. The van der Waals surface area contributed by atoms with Crippen LogP contribution in [0.15, 0.2) is 145 Å². The van der Waals surface area contributed by atoms with Crippen LogP contribution in [0.1, 0.15) is 38.5 Å². The SMILES string of the molecule is [2H]c1c([2H])c([2H])c(-c2nc(-c3c([2H])c([2H])c([2H])c([2H])c3[2H])nc(-n3c4c([2H])c([2H])c([2H])c([2H])c4c4c([2H])c([2H])c5c6c([2H])c(C)c([2H])c([2H])c6n(-c6c([2H])c([2H])c([2H])c([2H])c6[2H])c5c43)n2)c([2H])c1[2H]. The maximum Gasteiger partial charge on any atom is 0.238 e. The molecule has 0 fully saturated rings. The van der Waals surface area contributed by atoms with E-state index in [1.807, 2.05) is 0 Å². The van der Waals surface area contributed by atoms with Crippen LogP contribution in [0, 0.1) is 6.92 Å². The summed E-state index contributed by atoms with van der Waals surface area (Å²) < 4.78 is 214. The van der Waals surface area contributed by atoms with Gasteiger partial charge in [-0.15, -0.1) is 0 Å². The van der Waals surface area contributed by atoms with E-state index in [9.17, 15) is 8.22 Å². The molecule has 9 aromatic rings. The number of benzene rings is 6. The van der Waals surface area contributed by atoms with Crippen LogP contribution in [-0.4, -0.2) is 24.1 Å². The number of aromatic nitrogens is 5. The molecule has 0 saturated carbocycles. The first-order valence-electron chi connectivity index (χ1n) is 25.2. The second-order valence-corrected chi connectivity index (χ2v) is 9.57. The summed E-state index contributed by atoms with van der Waals surface area (Å²) in [5.41, 5.74) is -4.33. The third kappa shape index (κ3) is 3.98. The van der Waals surface area contributed by atoms with Crippen molar-refractivity contribution in [2.24, 2.45) is 0 Å². The monoisotopic (exact) mass is 601 g/mol. The first-order valence-corrected chi connectivity index (χ1v) is 13.2. The van der Waals surface area contributed by atoms with E-state index in [1.54, 1.807) is 0 Å². The van der Waals surface area contributed by atoms with Crippen LogP contribution in [0.25, 0.3) is 78.0 Å². The van der Waals surface area contributed by atoms with Crippen molar-refractivity contribution in [2.75, 3.05) is 0 Å². The lowest BCUT2D eigenvalue weighted by Gasteiger charge is -2.13.